The SMILES string of the molecule is CCNC(=O)[C@@H]1CCCN1C(=O)[C@H](CCCN=C(N)N)NC(=O)[C@H](CC(C)C)N(C)C(=O)[C@@H](Cc1ccc2ccccc2c1)NC(=O)[C@H](Cc1ccc(O)cc1)NC(=O)[C@H](CO)NC(=O)[C@H](Cc1c[nH]c2ccccc12)NC(=O)[C@H](CC1=NC=NC1)NC(=O)[C@@H]1CCC(=O)N1. The first-order valence-electron chi connectivity index (χ1n) is 32.1. The summed E-state index contributed by atoms with van der Waals surface area (Å²) in [7, 11) is 1.42. The van der Waals surface area contributed by atoms with E-state index in [1.165, 1.54) is 47.5 Å². The second-order valence-electron chi connectivity index (χ2n) is 24.5. The number of nitrogens with zero attached hydrogens (tertiary/aromatic N) is 5. The Hall–Kier alpha value is -10.2. The molecule has 0 radical (unpaired) electrons. The number of carbonyl (C=O) groups is 10. The molecule has 1 aromatic heterocycles. The summed E-state index contributed by atoms with van der Waals surface area (Å²) < 4.78 is 0. The molecule has 0 unspecified atom stereocenters. The number of phenolic OH excluding ortho intramolecular Hbond substituents is 1. The highest BCUT2D eigenvalue weighted by Crippen LogP contribution is 2.24. The number of aliphatic hydroxyl groups excluding tert-OH is 1. The second-order valence-corrected chi connectivity index (χ2v) is 24.5. The summed E-state index contributed by atoms with van der Waals surface area (Å²) in [6.45, 7) is 5.35. The Bertz CT molecular complexity index is 3700. The van der Waals surface area contributed by atoms with Crippen molar-refractivity contribution in [3.63, 3.8) is 0 Å². The van der Waals surface area contributed by atoms with E-state index in [4.69, 9.17) is 11.5 Å². The summed E-state index contributed by atoms with van der Waals surface area (Å²) in [5, 5.41) is 45.5. The molecule has 10 amide bonds. The van der Waals surface area contributed by atoms with Crippen LogP contribution in [0.25, 0.3) is 21.7 Å². The number of fused-ring (bicyclic) bond motifs is 2. The van der Waals surface area contributed by atoms with Gasteiger partial charge in [-0.2, -0.15) is 0 Å². The van der Waals surface area contributed by atoms with E-state index in [9.17, 15) is 48.6 Å². The molecule has 8 rings (SSSR count). The number of nitrogens with two attached hydrogens (primary N) is 2. The number of likely N-dealkylation sites (N-methyl/N-ethyl adjacent to an activating group) is 2. The molecule has 5 aromatic rings. The lowest BCUT2D eigenvalue weighted by Crippen LogP contribution is -2.61. The van der Waals surface area contributed by atoms with E-state index < -0.39 is 108 Å². The summed E-state index contributed by atoms with van der Waals surface area (Å²) in [5.41, 5.74) is 14.0. The fourth-order valence-electron chi connectivity index (χ4n) is 12.0. The van der Waals surface area contributed by atoms with Crippen LogP contribution >= 0.6 is 0 Å². The topological polar surface area (TPSA) is 419 Å². The van der Waals surface area contributed by atoms with Crippen LogP contribution in [0.5, 0.6) is 5.75 Å². The van der Waals surface area contributed by atoms with Crippen LogP contribution in [0, 0.1) is 5.92 Å². The van der Waals surface area contributed by atoms with Gasteiger partial charge >= 0.3 is 0 Å². The van der Waals surface area contributed by atoms with Crippen molar-refractivity contribution in [3.8, 4) is 5.75 Å². The maximum atomic E-state index is 15.5. The van der Waals surface area contributed by atoms with E-state index in [1.54, 1.807) is 31.3 Å². The number of benzene rings is 4. The number of rotatable bonds is 32. The molecule has 2 fully saturated rings. The number of nitrogens with one attached hydrogen (secondary N) is 9. The Morgan fingerprint density at radius 1 is 0.726 bits per heavy atom. The third kappa shape index (κ3) is 19.4. The molecule has 506 valence electrons. The smallest absolute Gasteiger partial charge is 0.245 e. The minimum Gasteiger partial charge on any atom is -0.508 e. The average molecular weight is 1310 g/mol. The third-order valence-electron chi connectivity index (χ3n) is 17.0. The first kappa shape index (κ1) is 70.6. The lowest BCUT2D eigenvalue weighted by molar-refractivity contribution is -0.145. The number of likely N-dealkylation sites (tertiary alicyclic amines) is 1. The summed E-state index contributed by atoms with van der Waals surface area (Å²) in [6, 6.07) is 14.3. The zero-order chi connectivity index (χ0) is 68.3. The minimum absolute atomic E-state index is 0.0719. The van der Waals surface area contributed by atoms with Crippen LogP contribution < -0.4 is 54.0 Å². The monoisotopic (exact) mass is 1310 g/mol. The highest BCUT2D eigenvalue weighted by molar-refractivity contribution is 6.03. The van der Waals surface area contributed by atoms with E-state index in [0.717, 1.165) is 10.8 Å². The highest BCUT2D eigenvalue weighted by Gasteiger charge is 2.41. The van der Waals surface area contributed by atoms with Gasteiger partial charge in [0.15, 0.2) is 5.96 Å². The number of H-pyrrole nitrogens is 1. The third-order valence-corrected chi connectivity index (χ3v) is 17.0. The molecule has 95 heavy (non-hydrogen) atoms. The van der Waals surface area contributed by atoms with Crippen LogP contribution in [0.3, 0.4) is 0 Å². The molecular formula is C67H86N16O12. The Morgan fingerprint density at radius 3 is 2.02 bits per heavy atom. The fourth-order valence-corrected chi connectivity index (χ4v) is 12.0. The van der Waals surface area contributed by atoms with Gasteiger partial charge in [-0.15, -0.1) is 0 Å². The van der Waals surface area contributed by atoms with E-state index in [2.05, 4.69) is 62.5 Å². The summed E-state index contributed by atoms with van der Waals surface area (Å²) >= 11 is 0. The zero-order valence-corrected chi connectivity index (χ0v) is 53.8. The number of carbonyl (C=O) groups excluding carboxylic acids is 10. The molecule has 0 spiro atoms. The van der Waals surface area contributed by atoms with Crippen LogP contribution in [0.1, 0.15) is 88.8 Å². The molecule has 28 heteroatoms. The average Bonchev–Trinajstić information content (AvgIpc) is 1.85. The van der Waals surface area contributed by atoms with Crippen LogP contribution in [0.15, 0.2) is 112 Å². The van der Waals surface area contributed by atoms with E-state index in [-0.39, 0.29) is 107 Å². The van der Waals surface area contributed by atoms with Crippen molar-refractivity contribution in [2.75, 3.05) is 39.8 Å². The molecule has 4 heterocycles. The number of hydrogen-bond donors (Lipinski definition) is 13. The van der Waals surface area contributed by atoms with Crippen molar-refractivity contribution < 1.29 is 58.2 Å². The Balaban J connectivity index is 1.07. The Kier molecular flexibility index (Phi) is 24.9. The summed E-state index contributed by atoms with van der Waals surface area (Å²) in [5.74, 6) is -7.39. The summed E-state index contributed by atoms with van der Waals surface area (Å²) in [6.07, 6.45) is 3.98. The van der Waals surface area contributed by atoms with Crippen molar-refractivity contribution in [3.05, 3.63) is 114 Å². The first-order chi connectivity index (χ1) is 45.6. The lowest BCUT2D eigenvalue weighted by Gasteiger charge is -2.34. The van der Waals surface area contributed by atoms with Crippen molar-refractivity contribution in [2.24, 2.45) is 32.4 Å². The molecular weight excluding hydrogens is 1220 g/mol. The highest BCUT2D eigenvalue weighted by atomic mass is 16.3. The minimum atomic E-state index is -1.78. The quantitative estimate of drug-likeness (QED) is 0.0155. The number of aliphatic hydroxyl groups is 1. The van der Waals surface area contributed by atoms with E-state index >= 15 is 9.59 Å². The number of para-hydroxylation sites is 1. The second kappa shape index (κ2) is 33.5. The van der Waals surface area contributed by atoms with Crippen LogP contribution in [0.2, 0.25) is 0 Å². The number of aromatic hydroxyl groups is 1. The number of guanidine groups is 1. The molecule has 3 aliphatic rings. The van der Waals surface area contributed by atoms with Crippen LogP contribution in [0.4, 0.5) is 0 Å². The number of aromatic nitrogens is 1. The van der Waals surface area contributed by atoms with Gasteiger partial charge in [0.25, 0.3) is 0 Å². The molecule has 4 aromatic carbocycles. The molecule has 28 nitrogen and oxygen atoms in total. The first-order valence-corrected chi connectivity index (χ1v) is 32.1. The van der Waals surface area contributed by atoms with Gasteiger partial charge in [-0.1, -0.05) is 86.6 Å². The van der Waals surface area contributed by atoms with E-state index in [0.29, 0.717) is 52.7 Å². The summed E-state index contributed by atoms with van der Waals surface area (Å²) in [4.78, 5) is 161. The van der Waals surface area contributed by atoms with Gasteiger partial charge in [0.2, 0.25) is 59.1 Å². The maximum Gasteiger partial charge on any atom is 0.245 e. The molecule has 2 saturated heterocycles. The molecule has 15 N–H and O–H groups in total. The molecule has 0 saturated carbocycles. The van der Waals surface area contributed by atoms with Gasteiger partial charge in [-0.05, 0) is 97.0 Å². The Morgan fingerprint density at radius 2 is 1.36 bits per heavy atom. The molecule has 0 aliphatic carbocycles. The molecule has 3 aliphatic heterocycles. The van der Waals surface area contributed by atoms with Gasteiger partial charge in [-0.3, -0.25) is 57.9 Å². The predicted molar refractivity (Wildman–Crippen MR) is 356 cm³/mol. The van der Waals surface area contributed by atoms with Gasteiger partial charge in [0.1, 0.15) is 66.5 Å². The normalized spacial score (nSPS) is 17.3. The maximum absolute atomic E-state index is 15.5. The molecule has 0 bridgehead atoms. The van der Waals surface area contributed by atoms with Crippen molar-refractivity contribution in [2.45, 2.75) is 146 Å². The number of aliphatic imine (C=N–C) groups is 3. The van der Waals surface area contributed by atoms with Crippen LogP contribution in [-0.2, 0) is 67.2 Å². The zero-order valence-electron chi connectivity index (χ0n) is 53.8. The van der Waals surface area contributed by atoms with Crippen molar-refractivity contribution in [1.82, 2.24) is 57.3 Å². The van der Waals surface area contributed by atoms with E-state index in [1.807, 2.05) is 62.4 Å². The molecule has 9 atom stereocenters. The largest absolute Gasteiger partial charge is 0.508 e. The number of phenols is 1. The lowest BCUT2D eigenvalue weighted by atomic mass is 9.97. The van der Waals surface area contributed by atoms with Gasteiger partial charge in [-0.25, -0.2) is 4.99 Å². The number of aromatic amines is 1. The van der Waals surface area contributed by atoms with Gasteiger partial charge < -0.3 is 79.0 Å². The number of amides is 10. The van der Waals surface area contributed by atoms with Crippen molar-refractivity contribution >= 4 is 98.8 Å². The van der Waals surface area contributed by atoms with Crippen molar-refractivity contribution in [1.29, 1.82) is 0 Å². The van der Waals surface area contributed by atoms with Gasteiger partial charge in [0.05, 0.1) is 13.2 Å². The predicted octanol–water partition coefficient (Wildman–Crippen LogP) is 0.161. The fraction of sp³-hybridized carbons (Fsp3) is 0.448. The van der Waals surface area contributed by atoms with Gasteiger partial charge in [0, 0.05) is 81.6 Å². The standard InChI is InChI=1S/C67H86N16O12/c1-5-71-63(92)55-17-11-27-83(55)66(95)49(16-10-26-72-67(68)69)76-64(93)56(28-38(2)3)82(4)65(94)53(31-40-18-21-41-12-6-7-13-42(41)29-40)80-59(88)50(30-39-19-22-45(85)23-20-39)77-62(91)54(36-84)81-60(89)51(32-43-34-73-47-15-9-8-14-46(43)47)78-61(90)52(33-44-35-70-37-74-44)79-58(87)48-24-25-57(86)75-48/h6-9,12-15,18-23,29,34,37-38,48-56,73,84-85H,5,10-11,16-17,24-28,30-33,35-36H2,1-4H3,(H,71,92)(H,75,86)(H,76,93)(H,77,91)(H,78,90)(H,79,87)(H,80,88)(H,81,89)(H4,68,69,72)/t48-,49-,50-,51-,52-,53+,54-,55-,56-/m0/s1. The Labute approximate surface area is 549 Å². The van der Waals surface area contributed by atoms with Crippen LogP contribution in [-0.4, -0.2) is 196 Å². The number of hydrogen-bond acceptors (Lipinski definition) is 15.